The lowest BCUT2D eigenvalue weighted by atomic mass is 9.90. The molecule has 176 valence electrons. The first-order valence-corrected chi connectivity index (χ1v) is 12.2. The van der Waals surface area contributed by atoms with E-state index < -0.39 is 0 Å². The van der Waals surface area contributed by atoms with Crippen LogP contribution in [0.1, 0.15) is 35.7 Å². The number of aromatic nitrogens is 2. The highest BCUT2D eigenvalue weighted by molar-refractivity contribution is 5.76. The molecule has 0 aliphatic heterocycles. The number of hydrogen-bond acceptors (Lipinski definition) is 3. The highest BCUT2D eigenvalue weighted by Crippen LogP contribution is 2.33. The van der Waals surface area contributed by atoms with Crippen LogP contribution >= 0.6 is 0 Å². The van der Waals surface area contributed by atoms with Gasteiger partial charge in [-0.2, -0.15) is 0 Å². The average molecular weight is 463 g/mol. The zero-order valence-corrected chi connectivity index (χ0v) is 20.0. The van der Waals surface area contributed by atoms with Gasteiger partial charge in [-0.05, 0) is 48.2 Å². The fourth-order valence-electron chi connectivity index (χ4n) is 4.62. The number of unbranched alkanes of at least 4 members (excludes halogenated alkanes) is 1. The second kappa shape index (κ2) is 10.9. The molecule has 0 aliphatic carbocycles. The Kier molecular flexibility index (Phi) is 7.09. The zero-order valence-electron chi connectivity index (χ0n) is 20.0. The number of aryl methyl sites for hydroxylation is 1. The normalized spacial score (nSPS) is 11.1. The van der Waals surface area contributed by atoms with Crippen molar-refractivity contribution >= 4 is 11.0 Å². The summed E-state index contributed by atoms with van der Waals surface area (Å²) in [7, 11) is 1.67. The van der Waals surface area contributed by atoms with Gasteiger partial charge in [0.1, 0.15) is 5.82 Å². The van der Waals surface area contributed by atoms with Crippen LogP contribution in [0.25, 0.3) is 11.0 Å². The van der Waals surface area contributed by atoms with Gasteiger partial charge in [0.2, 0.25) is 0 Å². The van der Waals surface area contributed by atoms with Gasteiger partial charge in [-0.1, -0.05) is 84.9 Å². The van der Waals surface area contributed by atoms with Crippen molar-refractivity contribution in [2.45, 2.75) is 25.3 Å². The minimum atomic E-state index is 0.0645. The van der Waals surface area contributed by atoms with E-state index in [2.05, 4.69) is 89.5 Å². The Morgan fingerprint density at radius 1 is 0.686 bits per heavy atom. The molecule has 5 rings (SSSR count). The maximum Gasteiger partial charge on any atom is 0.161 e. The van der Waals surface area contributed by atoms with Crippen LogP contribution in [-0.2, 0) is 6.54 Å². The fourth-order valence-corrected chi connectivity index (χ4v) is 4.62. The van der Waals surface area contributed by atoms with E-state index in [9.17, 15) is 0 Å². The third-order valence-corrected chi connectivity index (χ3v) is 6.31. The Labute approximate surface area is 206 Å². The average Bonchev–Trinajstić information content (AvgIpc) is 3.28. The van der Waals surface area contributed by atoms with Gasteiger partial charge in [-0.3, -0.25) is 0 Å². The van der Waals surface area contributed by atoms with E-state index in [4.69, 9.17) is 14.5 Å². The molecule has 0 unspecified atom stereocenters. The number of ether oxygens (including phenoxy) is 2. The second-order valence-corrected chi connectivity index (χ2v) is 8.57. The number of hydrogen-bond donors (Lipinski definition) is 0. The third kappa shape index (κ3) is 5.07. The van der Waals surface area contributed by atoms with Crippen molar-refractivity contribution in [3.63, 3.8) is 0 Å². The van der Waals surface area contributed by atoms with Gasteiger partial charge in [0.05, 0.1) is 30.7 Å². The predicted octanol–water partition coefficient (Wildman–Crippen LogP) is 7.08. The standard InChI is InChI=1S/C31H30N2O2/c1-34-28-20-10-11-21-29(28)35-23-13-12-22-33-27-19-9-8-18-26(27)32-31(33)30(24-14-4-2-5-15-24)25-16-6-3-7-17-25/h2-11,14-21,30H,12-13,22-23H2,1H3. The van der Waals surface area contributed by atoms with Crippen molar-refractivity contribution < 1.29 is 9.47 Å². The summed E-state index contributed by atoms with van der Waals surface area (Å²) in [4.78, 5) is 5.15. The van der Waals surface area contributed by atoms with E-state index in [0.29, 0.717) is 6.61 Å². The summed E-state index contributed by atoms with van der Waals surface area (Å²) >= 11 is 0. The quantitative estimate of drug-likeness (QED) is 0.208. The summed E-state index contributed by atoms with van der Waals surface area (Å²) in [5.41, 5.74) is 4.69. The molecule has 0 fully saturated rings. The van der Waals surface area contributed by atoms with E-state index in [1.165, 1.54) is 16.6 Å². The van der Waals surface area contributed by atoms with Crippen molar-refractivity contribution in [2.75, 3.05) is 13.7 Å². The van der Waals surface area contributed by atoms with Crippen molar-refractivity contribution in [1.82, 2.24) is 9.55 Å². The molecule has 0 spiro atoms. The van der Waals surface area contributed by atoms with Gasteiger partial charge in [0.15, 0.2) is 11.5 Å². The lowest BCUT2D eigenvalue weighted by Gasteiger charge is -2.20. The first-order chi connectivity index (χ1) is 17.3. The molecule has 1 heterocycles. The van der Waals surface area contributed by atoms with E-state index >= 15 is 0 Å². The fraction of sp³-hybridized carbons (Fsp3) is 0.194. The van der Waals surface area contributed by atoms with Crippen LogP contribution in [0.3, 0.4) is 0 Å². The molecule has 1 aromatic heterocycles. The highest BCUT2D eigenvalue weighted by Gasteiger charge is 2.23. The van der Waals surface area contributed by atoms with E-state index in [-0.39, 0.29) is 5.92 Å². The lowest BCUT2D eigenvalue weighted by molar-refractivity contribution is 0.284. The SMILES string of the molecule is COc1ccccc1OCCCCn1c(C(c2ccccc2)c2ccccc2)nc2ccccc21. The Morgan fingerprint density at radius 2 is 1.29 bits per heavy atom. The van der Waals surface area contributed by atoms with Gasteiger partial charge in [-0.25, -0.2) is 4.98 Å². The molecular formula is C31H30N2O2. The molecule has 0 saturated heterocycles. The topological polar surface area (TPSA) is 36.3 Å². The number of para-hydroxylation sites is 4. The van der Waals surface area contributed by atoms with Crippen molar-refractivity contribution in [3.05, 3.63) is 126 Å². The maximum absolute atomic E-state index is 6.00. The first kappa shape index (κ1) is 22.7. The van der Waals surface area contributed by atoms with Gasteiger partial charge in [-0.15, -0.1) is 0 Å². The second-order valence-electron chi connectivity index (χ2n) is 8.57. The summed E-state index contributed by atoms with van der Waals surface area (Å²) in [6.45, 7) is 1.52. The van der Waals surface area contributed by atoms with E-state index in [0.717, 1.165) is 42.2 Å². The molecular weight excluding hydrogens is 432 g/mol. The van der Waals surface area contributed by atoms with E-state index in [1.54, 1.807) is 7.11 Å². The van der Waals surface area contributed by atoms with Crippen LogP contribution in [0.5, 0.6) is 11.5 Å². The predicted molar refractivity (Wildman–Crippen MR) is 141 cm³/mol. The highest BCUT2D eigenvalue weighted by atomic mass is 16.5. The number of methoxy groups -OCH3 is 1. The zero-order chi connectivity index (χ0) is 23.9. The molecule has 0 radical (unpaired) electrons. The smallest absolute Gasteiger partial charge is 0.161 e. The summed E-state index contributed by atoms with van der Waals surface area (Å²) in [6.07, 6.45) is 1.92. The number of fused-ring (bicyclic) bond motifs is 1. The van der Waals surface area contributed by atoms with Gasteiger partial charge >= 0.3 is 0 Å². The molecule has 0 bridgehead atoms. The Hall–Kier alpha value is -4.05. The molecule has 35 heavy (non-hydrogen) atoms. The molecule has 4 aromatic carbocycles. The maximum atomic E-state index is 6.00. The van der Waals surface area contributed by atoms with Gasteiger partial charge in [0, 0.05) is 6.54 Å². The van der Waals surface area contributed by atoms with Crippen LogP contribution in [0.4, 0.5) is 0 Å². The summed E-state index contributed by atoms with van der Waals surface area (Å²) in [5, 5.41) is 0. The Morgan fingerprint density at radius 3 is 1.97 bits per heavy atom. The largest absolute Gasteiger partial charge is 0.493 e. The monoisotopic (exact) mass is 462 g/mol. The number of imidazole rings is 1. The van der Waals surface area contributed by atoms with Gasteiger partial charge in [0.25, 0.3) is 0 Å². The molecule has 0 N–H and O–H groups in total. The molecule has 0 amide bonds. The molecule has 0 aliphatic rings. The number of rotatable bonds is 10. The molecule has 4 heteroatoms. The molecule has 0 saturated carbocycles. The summed E-state index contributed by atoms with van der Waals surface area (Å²) in [6, 6.07) is 37.6. The number of nitrogens with zero attached hydrogens (tertiary/aromatic N) is 2. The van der Waals surface area contributed by atoms with Crippen LogP contribution in [0, 0.1) is 0 Å². The minimum absolute atomic E-state index is 0.0645. The Balaban J connectivity index is 1.41. The minimum Gasteiger partial charge on any atom is -0.493 e. The number of benzene rings is 4. The van der Waals surface area contributed by atoms with Crippen LogP contribution < -0.4 is 9.47 Å². The van der Waals surface area contributed by atoms with Crippen LogP contribution in [0.15, 0.2) is 109 Å². The van der Waals surface area contributed by atoms with Crippen LogP contribution in [-0.4, -0.2) is 23.3 Å². The first-order valence-electron chi connectivity index (χ1n) is 12.2. The van der Waals surface area contributed by atoms with Crippen molar-refractivity contribution in [2.24, 2.45) is 0 Å². The lowest BCUT2D eigenvalue weighted by Crippen LogP contribution is -2.13. The van der Waals surface area contributed by atoms with Crippen molar-refractivity contribution in [3.8, 4) is 11.5 Å². The van der Waals surface area contributed by atoms with Gasteiger partial charge < -0.3 is 14.0 Å². The molecule has 0 atom stereocenters. The third-order valence-electron chi connectivity index (χ3n) is 6.31. The van der Waals surface area contributed by atoms with Crippen LogP contribution in [0.2, 0.25) is 0 Å². The Bertz CT molecular complexity index is 1320. The van der Waals surface area contributed by atoms with E-state index in [1.807, 2.05) is 24.3 Å². The molecule has 5 aromatic rings. The van der Waals surface area contributed by atoms with Crippen molar-refractivity contribution in [1.29, 1.82) is 0 Å². The summed E-state index contributed by atoms with van der Waals surface area (Å²) < 4.78 is 13.8. The molecule has 4 nitrogen and oxygen atoms in total. The summed E-state index contributed by atoms with van der Waals surface area (Å²) in [5.74, 6) is 2.70.